The van der Waals surface area contributed by atoms with Gasteiger partial charge in [0.05, 0.1) is 12.1 Å². The maximum atomic E-state index is 12.9. The van der Waals surface area contributed by atoms with E-state index >= 15 is 0 Å². The van der Waals surface area contributed by atoms with Gasteiger partial charge in [-0.2, -0.15) is 0 Å². The van der Waals surface area contributed by atoms with Crippen LogP contribution in [0.3, 0.4) is 0 Å². The molecule has 0 N–H and O–H groups in total. The lowest BCUT2D eigenvalue weighted by Gasteiger charge is -2.35. The Morgan fingerprint density at radius 3 is 1.48 bits per heavy atom. The van der Waals surface area contributed by atoms with E-state index in [1.807, 2.05) is 48.6 Å². The third-order valence-corrected chi connectivity index (χ3v) is 4.36. The Morgan fingerprint density at radius 2 is 1.09 bits per heavy atom. The molecule has 0 aromatic heterocycles. The van der Waals surface area contributed by atoms with Crippen LogP contribution in [-0.2, 0) is 0 Å². The average molecular weight is 304 g/mol. The van der Waals surface area contributed by atoms with Crippen molar-refractivity contribution in [3.05, 3.63) is 83.9 Å². The van der Waals surface area contributed by atoms with Crippen molar-refractivity contribution in [2.75, 3.05) is 0 Å². The maximum Gasteiger partial charge on any atom is 0.273 e. The van der Waals surface area contributed by atoms with Gasteiger partial charge in [-0.1, -0.05) is 48.6 Å². The van der Waals surface area contributed by atoms with Gasteiger partial charge in [-0.25, -0.2) is 10.0 Å². The number of carbonyl (C=O) groups excluding carboxylic acids is 2. The lowest BCUT2D eigenvalue weighted by Crippen LogP contribution is -2.51. The molecule has 1 aliphatic heterocycles. The molecule has 2 aromatic rings. The zero-order chi connectivity index (χ0) is 15.8. The smallest absolute Gasteiger partial charge is 0.267 e. The number of carbonyl (C=O) groups is 2. The average Bonchev–Trinajstić information content (AvgIpc) is 3.23. The summed E-state index contributed by atoms with van der Waals surface area (Å²) in [7, 11) is 0. The van der Waals surface area contributed by atoms with Crippen LogP contribution in [-0.4, -0.2) is 33.9 Å². The molecule has 2 aromatic carbocycles. The number of hydrogen-bond donors (Lipinski definition) is 0. The predicted octanol–water partition coefficient (Wildman–Crippen LogP) is 2.90. The van der Waals surface area contributed by atoms with Gasteiger partial charge in [-0.3, -0.25) is 9.59 Å². The summed E-state index contributed by atoms with van der Waals surface area (Å²) in [5.74, 6) is -0.265. The minimum Gasteiger partial charge on any atom is -0.267 e. The van der Waals surface area contributed by atoms with Crippen molar-refractivity contribution in [3.63, 3.8) is 0 Å². The van der Waals surface area contributed by atoms with Gasteiger partial charge in [0.1, 0.15) is 0 Å². The molecule has 1 fully saturated rings. The molecule has 1 aliphatic carbocycles. The first kappa shape index (κ1) is 13.8. The van der Waals surface area contributed by atoms with Crippen LogP contribution in [0.1, 0.15) is 27.1 Å². The second-order valence-electron chi connectivity index (χ2n) is 5.79. The first-order valence-electron chi connectivity index (χ1n) is 7.71. The van der Waals surface area contributed by atoms with E-state index in [1.54, 1.807) is 34.3 Å². The third-order valence-electron chi connectivity index (χ3n) is 4.36. The summed E-state index contributed by atoms with van der Waals surface area (Å²) in [6.07, 6.45) is 4.80. The molecule has 4 rings (SSSR count). The fourth-order valence-electron chi connectivity index (χ4n) is 3.27. The molecule has 23 heavy (non-hydrogen) atoms. The second kappa shape index (κ2) is 5.39. The Balaban J connectivity index is 1.69. The van der Waals surface area contributed by atoms with Crippen molar-refractivity contribution in [1.82, 2.24) is 10.0 Å². The van der Waals surface area contributed by atoms with E-state index in [-0.39, 0.29) is 23.9 Å². The van der Waals surface area contributed by atoms with Crippen molar-refractivity contribution >= 4 is 11.8 Å². The van der Waals surface area contributed by atoms with Gasteiger partial charge < -0.3 is 0 Å². The number of nitrogens with zero attached hydrogens (tertiary/aromatic N) is 2. The summed E-state index contributed by atoms with van der Waals surface area (Å²) < 4.78 is 0. The van der Waals surface area contributed by atoms with E-state index in [2.05, 4.69) is 0 Å². The molecule has 2 atom stereocenters. The topological polar surface area (TPSA) is 40.6 Å². The highest BCUT2D eigenvalue weighted by Gasteiger charge is 2.46. The molecule has 0 spiro atoms. The summed E-state index contributed by atoms with van der Waals surface area (Å²) in [6.45, 7) is 0. The van der Waals surface area contributed by atoms with Crippen LogP contribution in [0.15, 0.2) is 72.8 Å². The van der Waals surface area contributed by atoms with Crippen molar-refractivity contribution in [2.24, 2.45) is 0 Å². The van der Waals surface area contributed by atoms with Gasteiger partial charge in [0.25, 0.3) is 11.8 Å². The van der Waals surface area contributed by atoms with Crippen LogP contribution >= 0.6 is 0 Å². The summed E-state index contributed by atoms with van der Waals surface area (Å²) >= 11 is 0. The Morgan fingerprint density at radius 1 is 0.696 bits per heavy atom. The molecule has 2 amide bonds. The van der Waals surface area contributed by atoms with Crippen LogP contribution in [0.25, 0.3) is 0 Å². The zero-order valence-corrected chi connectivity index (χ0v) is 12.5. The van der Waals surface area contributed by atoms with Crippen molar-refractivity contribution in [1.29, 1.82) is 0 Å². The minimum absolute atomic E-state index is 0.0413. The fourth-order valence-corrected chi connectivity index (χ4v) is 3.27. The Bertz CT molecular complexity index is 705. The van der Waals surface area contributed by atoms with Crippen LogP contribution in [0.5, 0.6) is 0 Å². The van der Waals surface area contributed by atoms with E-state index < -0.39 is 0 Å². The standard InChI is InChI=1S/C19H16N2O2/c22-18(14-7-3-1-4-8-14)20-16-11-12-17(13-16)21(20)19(23)15-9-5-2-6-10-15/h1-12,16-17H,13H2/t16-,17+. The molecule has 1 heterocycles. The highest BCUT2D eigenvalue weighted by molar-refractivity contribution is 6.00. The van der Waals surface area contributed by atoms with E-state index in [0.717, 1.165) is 6.42 Å². The highest BCUT2D eigenvalue weighted by atomic mass is 16.2. The number of hydrogen-bond acceptors (Lipinski definition) is 2. The monoisotopic (exact) mass is 304 g/mol. The van der Waals surface area contributed by atoms with Crippen LogP contribution in [0, 0.1) is 0 Å². The number of amides is 2. The van der Waals surface area contributed by atoms with E-state index in [9.17, 15) is 9.59 Å². The molecular formula is C19H16N2O2. The van der Waals surface area contributed by atoms with E-state index in [1.165, 1.54) is 0 Å². The second-order valence-corrected chi connectivity index (χ2v) is 5.79. The number of fused-ring (bicyclic) bond motifs is 2. The Kier molecular flexibility index (Phi) is 3.23. The highest BCUT2D eigenvalue weighted by Crippen LogP contribution is 2.34. The lowest BCUT2D eigenvalue weighted by molar-refractivity contribution is 0.00203. The summed E-state index contributed by atoms with van der Waals surface area (Å²) in [5.41, 5.74) is 1.19. The van der Waals surface area contributed by atoms with Crippen molar-refractivity contribution in [3.8, 4) is 0 Å². The predicted molar refractivity (Wildman–Crippen MR) is 86.6 cm³/mol. The molecule has 0 unspecified atom stereocenters. The maximum absolute atomic E-state index is 12.9. The molecule has 2 aliphatic rings. The minimum atomic E-state index is -0.133. The Labute approximate surface area is 134 Å². The van der Waals surface area contributed by atoms with Gasteiger partial charge in [-0.05, 0) is 30.7 Å². The first-order chi connectivity index (χ1) is 11.3. The molecule has 0 saturated carbocycles. The fraction of sp³-hybridized carbons (Fsp3) is 0.158. The van der Waals surface area contributed by atoms with Crippen LogP contribution < -0.4 is 0 Å². The SMILES string of the molecule is O=C(c1ccccc1)N1[C@@H]2C=C[C@@H](C2)N1C(=O)c1ccccc1. The molecule has 1 saturated heterocycles. The van der Waals surface area contributed by atoms with E-state index in [4.69, 9.17) is 0 Å². The molecule has 0 radical (unpaired) electrons. The van der Waals surface area contributed by atoms with Crippen LogP contribution in [0.2, 0.25) is 0 Å². The third kappa shape index (κ3) is 2.23. The van der Waals surface area contributed by atoms with Gasteiger partial charge in [0.15, 0.2) is 0 Å². The number of benzene rings is 2. The molecule has 4 nitrogen and oxygen atoms in total. The summed E-state index contributed by atoms with van der Waals surface area (Å²) in [4.78, 5) is 25.8. The number of rotatable bonds is 2. The van der Waals surface area contributed by atoms with E-state index in [0.29, 0.717) is 11.1 Å². The Hall–Kier alpha value is -2.88. The first-order valence-corrected chi connectivity index (χ1v) is 7.71. The summed E-state index contributed by atoms with van der Waals surface area (Å²) in [6, 6.07) is 18.1. The zero-order valence-electron chi connectivity index (χ0n) is 12.5. The van der Waals surface area contributed by atoms with Crippen molar-refractivity contribution < 1.29 is 9.59 Å². The lowest BCUT2D eigenvalue weighted by atomic mass is 10.2. The van der Waals surface area contributed by atoms with Crippen molar-refractivity contribution in [2.45, 2.75) is 18.5 Å². The molecule has 4 heteroatoms. The van der Waals surface area contributed by atoms with Gasteiger partial charge in [-0.15, -0.1) is 0 Å². The molecular weight excluding hydrogens is 288 g/mol. The quantitative estimate of drug-likeness (QED) is 0.800. The molecule has 2 bridgehead atoms. The molecule has 114 valence electrons. The number of hydrazine groups is 1. The largest absolute Gasteiger partial charge is 0.273 e. The van der Waals surface area contributed by atoms with Gasteiger partial charge in [0.2, 0.25) is 0 Å². The van der Waals surface area contributed by atoms with Gasteiger partial charge in [0, 0.05) is 11.1 Å². The van der Waals surface area contributed by atoms with Crippen LogP contribution in [0.4, 0.5) is 0 Å². The van der Waals surface area contributed by atoms with Gasteiger partial charge >= 0.3 is 0 Å². The summed E-state index contributed by atoms with van der Waals surface area (Å²) in [5, 5.41) is 3.21. The normalized spacial score (nSPS) is 21.7.